The molecule has 0 fully saturated rings. The molecular weight excluding hydrogens is 614 g/mol. The maximum absolute atomic E-state index is 4.34. The van der Waals surface area contributed by atoms with E-state index in [9.17, 15) is 0 Å². The summed E-state index contributed by atoms with van der Waals surface area (Å²) < 4.78 is 0. The fourth-order valence-corrected chi connectivity index (χ4v) is 3.66. The van der Waals surface area contributed by atoms with E-state index in [1.54, 1.807) is 0 Å². The van der Waals surface area contributed by atoms with Gasteiger partial charge >= 0.3 is 25.8 Å². The number of benzene rings is 2. The summed E-state index contributed by atoms with van der Waals surface area (Å²) in [5, 5.41) is 5.10. The first kappa shape index (κ1) is 26.7. The van der Waals surface area contributed by atoms with Crippen LogP contribution in [-0.4, -0.2) is 9.97 Å². The Morgan fingerprint density at radius 2 is 0.879 bits per heavy atom. The third kappa shape index (κ3) is 6.26. The number of rotatable bonds is 2. The average Bonchev–Trinajstić information content (AvgIpc) is 3.45. The van der Waals surface area contributed by atoms with E-state index in [0.29, 0.717) is 0 Å². The maximum atomic E-state index is 4.34. The molecule has 5 heteroatoms. The second kappa shape index (κ2) is 12.6. The van der Waals surface area contributed by atoms with Crippen molar-refractivity contribution in [2.45, 2.75) is 0 Å². The molecule has 0 spiro atoms. The van der Waals surface area contributed by atoms with E-state index in [0.717, 1.165) is 11.4 Å². The molecule has 0 radical (unpaired) electrons. The van der Waals surface area contributed by atoms with E-state index in [2.05, 4.69) is 82.8 Å². The van der Waals surface area contributed by atoms with Crippen molar-refractivity contribution in [3.8, 4) is 22.5 Å². The molecule has 0 aliphatic rings. The predicted octanol–water partition coefficient (Wildman–Crippen LogP) is 1.25. The summed E-state index contributed by atoms with van der Waals surface area (Å²) in [5.74, 6) is 0. The summed E-state index contributed by atoms with van der Waals surface area (Å²) in [6, 6.07) is 37.4. The summed E-state index contributed by atoms with van der Waals surface area (Å²) >= 11 is 0. The van der Waals surface area contributed by atoms with Crippen molar-refractivity contribution < 1.29 is 50.7 Å². The third-order valence-corrected chi connectivity index (χ3v) is 5.16. The quantitative estimate of drug-likeness (QED) is 0.212. The second-order valence-electron chi connectivity index (χ2n) is 7.18. The van der Waals surface area contributed by atoms with Gasteiger partial charge in [-0.25, -0.2) is 0 Å². The molecule has 0 aliphatic carbocycles. The zero-order valence-electron chi connectivity index (χ0n) is 17.7. The molecule has 0 atom stereocenters. The van der Waals surface area contributed by atoms with Crippen molar-refractivity contribution in [3.05, 3.63) is 122 Å². The SMILES string of the molecule is [Cl-].[Cl-].[Hf+4].c1ccc(-c2cc3ccccc3[cH-]2)nc1.c1ccc(-c2cc3ccccc3[cH-]2)nc1. The van der Waals surface area contributed by atoms with E-state index in [1.807, 2.05) is 48.8 Å². The molecule has 2 aromatic heterocycles. The number of hydrogen-bond donors (Lipinski definition) is 0. The number of fused-ring (bicyclic) bond motifs is 2. The molecule has 0 N–H and O–H groups in total. The van der Waals surface area contributed by atoms with Gasteiger partial charge in [0.15, 0.2) is 0 Å². The monoisotopic (exact) mass is 634 g/mol. The van der Waals surface area contributed by atoms with Gasteiger partial charge in [0.25, 0.3) is 0 Å². The van der Waals surface area contributed by atoms with Crippen LogP contribution in [0.15, 0.2) is 122 Å². The topological polar surface area (TPSA) is 25.8 Å². The van der Waals surface area contributed by atoms with Crippen LogP contribution in [0.2, 0.25) is 0 Å². The van der Waals surface area contributed by atoms with Crippen molar-refractivity contribution in [1.29, 1.82) is 0 Å². The van der Waals surface area contributed by atoms with Crippen molar-refractivity contribution >= 4 is 21.5 Å². The summed E-state index contributed by atoms with van der Waals surface area (Å²) in [6.07, 6.45) is 3.65. The fraction of sp³-hybridized carbons (Fsp3) is 0. The van der Waals surface area contributed by atoms with Gasteiger partial charge in [-0.3, -0.25) is 9.97 Å². The zero-order chi connectivity index (χ0) is 20.2. The first-order valence-electron chi connectivity index (χ1n) is 10.0. The van der Waals surface area contributed by atoms with Crippen molar-refractivity contribution in [3.63, 3.8) is 0 Å². The molecule has 0 saturated heterocycles. The normalized spacial score (nSPS) is 9.70. The van der Waals surface area contributed by atoms with Crippen molar-refractivity contribution in [1.82, 2.24) is 9.97 Å². The Labute approximate surface area is 225 Å². The molecule has 2 heterocycles. The van der Waals surface area contributed by atoms with Gasteiger partial charge in [-0.2, -0.15) is 0 Å². The van der Waals surface area contributed by atoms with Gasteiger partial charge in [0.05, 0.1) is 0 Å². The molecule has 4 aromatic carbocycles. The molecule has 6 aromatic rings. The molecule has 6 rings (SSSR count). The third-order valence-electron chi connectivity index (χ3n) is 5.16. The molecule has 0 amide bonds. The van der Waals surface area contributed by atoms with E-state index in [4.69, 9.17) is 0 Å². The van der Waals surface area contributed by atoms with Crippen molar-refractivity contribution in [2.75, 3.05) is 0 Å². The van der Waals surface area contributed by atoms with Gasteiger partial charge in [0.1, 0.15) is 0 Å². The predicted molar refractivity (Wildman–Crippen MR) is 126 cm³/mol. The van der Waals surface area contributed by atoms with Gasteiger partial charge in [0, 0.05) is 23.8 Å². The molecular formula is C28H20Cl2HfN2. The van der Waals surface area contributed by atoms with Crippen LogP contribution >= 0.6 is 0 Å². The van der Waals surface area contributed by atoms with Gasteiger partial charge < -0.3 is 24.8 Å². The van der Waals surface area contributed by atoms with Crippen LogP contribution in [0, 0.1) is 0 Å². The number of aromatic nitrogens is 2. The molecule has 160 valence electrons. The van der Waals surface area contributed by atoms with Crippen LogP contribution in [-0.2, 0) is 25.8 Å². The number of hydrogen-bond acceptors (Lipinski definition) is 2. The largest absolute Gasteiger partial charge is 4.00 e. The Kier molecular flexibility index (Phi) is 10.2. The number of pyridine rings is 2. The molecule has 0 saturated carbocycles. The van der Waals surface area contributed by atoms with Crippen LogP contribution in [0.3, 0.4) is 0 Å². The van der Waals surface area contributed by atoms with E-state index in [-0.39, 0.29) is 50.7 Å². The molecule has 0 bridgehead atoms. The standard InChI is InChI=1S/2C14H10N.2ClH.Hf/c2*1-2-6-12-10-13(9-11(12)5-1)14-7-3-4-8-15-14;;;/h2*1-10H;2*1H;/q2*-1;;;+4/p-2. The van der Waals surface area contributed by atoms with Gasteiger partial charge in [-0.1, -0.05) is 60.7 Å². The summed E-state index contributed by atoms with van der Waals surface area (Å²) in [6.45, 7) is 0. The minimum atomic E-state index is 0. The minimum Gasteiger partial charge on any atom is -1.00 e. The first-order valence-corrected chi connectivity index (χ1v) is 10.0. The van der Waals surface area contributed by atoms with Crippen LogP contribution in [0.1, 0.15) is 0 Å². The molecule has 2 nitrogen and oxygen atoms in total. The summed E-state index contributed by atoms with van der Waals surface area (Å²) in [5.41, 5.74) is 4.45. The maximum Gasteiger partial charge on any atom is 4.00 e. The van der Waals surface area contributed by atoms with Crippen LogP contribution in [0.5, 0.6) is 0 Å². The Morgan fingerprint density at radius 3 is 1.24 bits per heavy atom. The zero-order valence-corrected chi connectivity index (χ0v) is 22.8. The van der Waals surface area contributed by atoms with E-state index in [1.165, 1.54) is 32.7 Å². The van der Waals surface area contributed by atoms with E-state index >= 15 is 0 Å². The smallest absolute Gasteiger partial charge is 1.00 e. The van der Waals surface area contributed by atoms with Crippen LogP contribution < -0.4 is 24.8 Å². The fourth-order valence-electron chi connectivity index (χ4n) is 3.66. The van der Waals surface area contributed by atoms with Crippen molar-refractivity contribution in [2.24, 2.45) is 0 Å². The number of halogens is 2. The Morgan fingerprint density at radius 1 is 0.485 bits per heavy atom. The Hall–Kier alpha value is -2.59. The molecule has 33 heavy (non-hydrogen) atoms. The van der Waals surface area contributed by atoms with Gasteiger partial charge in [-0.15, -0.1) is 69.1 Å². The summed E-state index contributed by atoms with van der Waals surface area (Å²) in [7, 11) is 0. The van der Waals surface area contributed by atoms with Gasteiger partial charge in [-0.05, 0) is 12.1 Å². The second-order valence-corrected chi connectivity index (χ2v) is 7.18. The first-order chi connectivity index (χ1) is 14.9. The summed E-state index contributed by atoms with van der Waals surface area (Å²) in [4.78, 5) is 8.69. The van der Waals surface area contributed by atoms with E-state index < -0.39 is 0 Å². The van der Waals surface area contributed by atoms with Crippen LogP contribution in [0.25, 0.3) is 44.1 Å². The van der Waals surface area contributed by atoms with Gasteiger partial charge in [0.2, 0.25) is 0 Å². The number of nitrogens with zero attached hydrogens (tertiary/aromatic N) is 2. The molecule has 0 aliphatic heterocycles. The average molecular weight is 634 g/mol. The Balaban J connectivity index is 0.000000214. The Bertz CT molecular complexity index is 1220. The molecule has 0 unspecified atom stereocenters. The minimum absolute atomic E-state index is 0. The van der Waals surface area contributed by atoms with Crippen LogP contribution in [0.4, 0.5) is 0 Å².